The Labute approximate surface area is 150 Å². The van der Waals surface area contributed by atoms with Crippen molar-refractivity contribution in [3.63, 3.8) is 0 Å². The molecule has 3 rings (SSSR count). The SMILES string of the molecule is N#Cc1c(Br)nsc1C#C[C]1[CH][CH][CH][CH]1.[CH]1[CH][CH][CH][CH]1.[Fe+2]. The second-order valence-electron chi connectivity index (χ2n) is 3.68. The minimum Gasteiger partial charge on any atom is -0.192 e. The summed E-state index contributed by atoms with van der Waals surface area (Å²) in [7, 11) is 0. The van der Waals surface area contributed by atoms with Crippen molar-refractivity contribution in [1.29, 1.82) is 5.26 Å². The van der Waals surface area contributed by atoms with Crippen LogP contribution in [0.3, 0.4) is 0 Å². The molecule has 2 aliphatic carbocycles. The van der Waals surface area contributed by atoms with Crippen molar-refractivity contribution in [2.24, 2.45) is 0 Å². The fourth-order valence-corrected chi connectivity index (χ4v) is 2.59. The van der Waals surface area contributed by atoms with E-state index in [1.54, 1.807) is 0 Å². The molecule has 1 aromatic heterocycles. The first-order valence-corrected chi connectivity index (χ1v) is 7.33. The summed E-state index contributed by atoms with van der Waals surface area (Å²) < 4.78 is 4.59. The van der Waals surface area contributed by atoms with Crippen molar-refractivity contribution in [3.8, 4) is 17.9 Å². The number of nitriles is 1. The number of aromatic nitrogens is 1. The molecule has 102 valence electrons. The molecule has 0 amide bonds. The number of hydrogen-bond donors (Lipinski definition) is 0. The molecule has 2 aliphatic rings. The van der Waals surface area contributed by atoms with Gasteiger partial charge in [0.2, 0.25) is 0 Å². The summed E-state index contributed by atoms with van der Waals surface area (Å²) in [6, 6.07) is 2.07. The van der Waals surface area contributed by atoms with Crippen LogP contribution < -0.4 is 0 Å². The molecular formula is C16H9BrFeN2S+2. The van der Waals surface area contributed by atoms with Crippen LogP contribution in [0, 0.1) is 86.9 Å². The van der Waals surface area contributed by atoms with Crippen molar-refractivity contribution in [2.45, 2.75) is 0 Å². The average molecular weight is 397 g/mol. The predicted molar refractivity (Wildman–Crippen MR) is 83.4 cm³/mol. The van der Waals surface area contributed by atoms with Crippen molar-refractivity contribution in [1.82, 2.24) is 4.37 Å². The molecule has 0 bridgehead atoms. The summed E-state index contributed by atoms with van der Waals surface area (Å²) in [5, 5.41) is 8.86. The molecular weight excluding hydrogens is 388 g/mol. The van der Waals surface area contributed by atoms with Crippen LogP contribution >= 0.6 is 27.5 Å². The Morgan fingerprint density at radius 1 is 0.952 bits per heavy atom. The largest absolute Gasteiger partial charge is 2.00 e. The first kappa shape index (κ1) is 18.7. The molecule has 0 aliphatic heterocycles. The van der Waals surface area contributed by atoms with Crippen LogP contribution in [0.4, 0.5) is 0 Å². The fraction of sp³-hybridized carbons (Fsp3) is 0. The van der Waals surface area contributed by atoms with E-state index in [0.29, 0.717) is 15.0 Å². The molecule has 0 spiro atoms. The maximum Gasteiger partial charge on any atom is 2.00 e. The minimum absolute atomic E-state index is 0. The van der Waals surface area contributed by atoms with E-state index in [1.165, 1.54) is 11.5 Å². The Hall–Kier alpha value is -0.321. The molecule has 5 heteroatoms. The van der Waals surface area contributed by atoms with E-state index in [0.717, 1.165) is 5.92 Å². The van der Waals surface area contributed by atoms with Crippen LogP contribution in [0.15, 0.2) is 4.60 Å². The Kier molecular flexibility index (Phi) is 9.29. The molecule has 0 N–H and O–H groups in total. The molecule has 21 heavy (non-hydrogen) atoms. The van der Waals surface area contributed by atoms with E-state index in [2.05, 4.69) is 38.2 Å². The van der Waals surface area contributed by atoms with Gasteiger partial charge in [0.1, 0.15) is 21.1 Å². The van der Waals surface area contributed by atoms with Gasteiger partial charge in [-0.1, -0.05) is 11.8 Å². The molecule has 2 fully saturated rings. The maximum atomic E-state index is 8.86. The van der Waals surface area contributed by atoms with Crippen molar-refractivity contribution < 1.29 is 17.1 Å². The molecule has 2 saturated carbocycles. The normalized spacial score (nSPS) is 17.0. The average Bonchev–Trinajstić information content (AvgIpc) is 3.21. The number of halogens is 1. The van der Waals surface area contributed by atoms with Crippen molar-refractivity contribution >= 4 is 27.5 Å². The first-order chi connectivity index (χ1) is 9.81. The fourth-order valence-electron chi connectivity index (χ4n) is 1.36. The first-order valence-electron chi connectivity index (χ1n) is 5.77. The van der Waals surface area contributed by atoms with Gasteiger partial charge in [0.25, 0.3) is 0 Å². The summed E-state index contributed by atoms with van der Waals surface area (Å²) in [5.41, 5.74) is 0.513. The van der Waals surface area contributed by atoms with Crippen LogP contribution in [-0.4, -0.2) is 4.37 Å². The Morgan fingerprint density at radius 3 is 2.05 bits per heavy atom. The standard InChI is InChI=1S/C11H4BrN2S.C5H5.Fe/c12-11-9(7-13)10(15-14-11)6-5-8-3-1-2-4-8;1-2-4-5-3-1;/h1-4H;1-5H;/q;;+2. The number of nitrogens with zero attached hydrogens (tertiary/aromatic N) is 2. The van der Waals surface area contributed by atoms with E-state index in [4.69, 9.17) is 5.26 Å². The van der Waals surface area contributed by atoms with E-state index in [-0.39, 0.29) is 17.1 Å². The summed E-state index contributed by atoms with van der Waals surface area (Å²) in [6.45, 7) is 0. The van der Waals surface area contributed by atoms with E-state index in [9.17, 15) is 0 Å². The molecule has 10 radical (unpaired) electrons. The van der Waals surface area contributed by atoms with Gasteiger partial charge in [-0.3, -0.25) is 0 Å². The quantitative estimate of drug-likeness (QED) is 0.496. The molecule has 2 nitrogen and oxygen atoms in total. The Balaban J connectivity index is 0.000000313. The zero-order valence-corrected chi connectivity index (χ0v) is 14.2. The van der Waals surface area contributed by atoms with Gasteiger partial charge < -0.3 is 0 Å². The van der Waals surface area contributed by atoms with E-state index < -0.39 is 0 Å². The number of hydrogen-bond acceptors (Lipinski definition) is 3. The summed E-state index contributed by atoms with van der Waals surface area (Å²) >= 11 is 4.43. The zero-order valence-electron chi connectivity index (χ0n) is 10.7. The van der Waals surface area contributed by atoms with Gasteiger partial charge in [0.15, 0.2) is 0 Å². The summed E-state index contributed by atoms with van der Waals surface area (Å²) in [6.07, 6.45) is 17.7. The zero-order chi connectivity index (χ0) is 14.2. The van der Waals surface area contributed by atoms with Gasteiger partial charge in [-0.05, 0) is 85.2 Å². The molecule has 0 saturated heterocycles. The summed E-state index contributed by atoms with van der Waals surface area (Å²) in [5.74, 6) is 6.87. The van der Waals surface area contributed by atoms with E-state index in [1.807, 2.05) is 57.8 Å². The van der Waals surface area contributed by atoms with Crippen molar-refractivity contribution in [2.75, 3.05) is 0 Å². The van der Waals surface area contributed by atoms with Crippen molar-refractivity contribution in [3.05, 3.63) is 78.7 Å². The topological polar surface area (TPSA) is 36.7 Å². The summed E-state index contributed by atoms with van der Waals surface area (Å²) in [4.78, 5) is 0.700. The monoisotopic (exact) mass is 396 g/mol. The second kappa shape index (κ2) is 10.4. The van der Waals surface area contributed by atoms with Gasteiger partial charge in [0, 0.05) is 0 Å². The van der Waals surface area contributed by atoms with Crippen LogP contribution in [0.25, 0.3) is 0 Å². The third-order valence-corrected chi connectivity index (χ3v) is 3.87. The van der Waals surface area contributed by atoms with Gasteiger partial charge in [-0.2, -0.15) is 9.64 Å². The second-order valence-corrected chi connectivity index (χ2v) is 5.20. The number of rotatable bonds is 0. The maximum absolute atomic E-state index is 8.86. The molecule has 0 unspecified atom stereocenters. The Morgan fingerprint density at radius 2 is 1.52 bits per heavy atom. The minimum atomic E-state index is 0. The van der Waals surface area contributed by atoms with Gasteiger partial charge in [-0.25, -0.2) is 0 Å². The van der Waals surface area contributed by atoms with Gasteiger partial charge in [0.05, 0.1) is 5.92 Å². The Bertz CT molecular complexity index is 521. The van der Waals surface area contributed by atoms with Crippen LogP contribution in [0.1, 0.15) is 10.4 Å². The van der Waals surface area contributed by atoms with E-state index >= 15 is 0 Å². The van der Waals surface area contributed by atoms with Gasteiger partial charge >= 0.3 is 17.1 Å². The third-order valence-electron chi connectivity index (χ3n) is 2.30. The van der Waals surface area contributed by atoms with Crippen LogP contribution in [0.2, 0.25) is 0 Å². The molecule has 0 atom stereocenters. The predicted octanol–water partition coefficient (Wildman–Crippen LogP) is 3.55. The molecule has 1 aromatic rings. The van der Waals surface area contributed by atoms with Crippen LogP contribution in [0.5, 0.6) is 0 Å². The smallest absolute Gasteiger partial charge is 0.192 e. The third kappa shape index (κ3) is 6.13. The molecule has 1 heterocycles. The molecule has 0 aromatic carbocycles. The van der Waals surface area contributed by atoms with Crippen LogP contribution in [-0.2, 0) is 17.1 Å². The van der Waals surface area contributed by atoms with Gasteiger partial charge in [-0.15, -0.1) is 0 Å².